The summed E-state index contributed by atoms with van der Waals surface area (Å²) in [4.78, 5) is 0. The van der Waals surface area contributed by atoms with Crippen LogP contribution in [0.1, 0.15) is 27.2 Å². The highest BCUT2D eigenvalue weighted by Gasteiger charge is 2.37. The van der Waals surface area contributed by atoms with Crippen LogP contribution in [0.2, 0.25) is 0 Å². The zero-order valence-electron chi connectivity index (χ0n) is 8.44. The molecule has 72 valence electrons. The maximum absolute atomic E-state index is 5.58. The van der Waals surface area contributed by atoms with Crippen molar-refractivity contribution in [3.05, 3.63) is 0 Å². The van der Waals surface area contributed by atoms with Crippen LogP contribution in [0.5, 0.6) is 0 Å². The van der Waals surface area contributed by atoms with Crippen LogP contribution >= 0.6 is 0 Å². The summed E-state index contributed by atoms with van der Waals surface area (Å²) in [5.41, 5.74) is 0.0233. The van der Waals surface area contributed by atoms with E-state index in [1.54, 1.807) is 0 Å². The lowest BCUT2D eigenvalue weighted by Crippen LogP contribution is -2.57. The highest BCUT2D eigenvalue weighted by molar-refractivity contribution is 4.88. The minimum atomic E-state index is -0.407. The van der Waals surface area contributed by atoms with Gasteiger partial charge >= 0.3 is 0 Å². The molecule has 0 aromatic carbocycles. The Hall–Kier alpha value is -0.120. The van der Waals surface area contributed by atoms with E-state index >= 15 is 0 Å². The van der Waals surface area contributed by atoms with E-state index in [0.717, 1.165) is 19.6 Å². The van der Waals surface area contributed by atoms with Gasteiger partial charge in [0.2, 0.25) is 0 Å². The Kier molecular flexibility index (Phi) is 2.76. The van der Waals surface area contributed by atoms with E-state index in [9.17, 15) is 0 Å². The maximum Gasteiger partial charge on any atom is 0.162 e. The molecule has 1 rings (SSSR count). The second kappa shape index (κ2) is 3.32. The smallest absolute Gasteiger partial charge is 0.162 e. The lowest BCUT2D eigenvalue weighted by atomic mass is 9.97. The van der Waals surface area contributed by atoms with Gasteiger partial charge in [0.05, 0.1) is 18.8 Å². The molecule has 0 unspecified atom stereocenters. The molecule has 1 heterocycles. The number of nitrogens with one attached hydrogen (secondary N) is 1. The van der Waals surface area contributed by atoms with Gasteiger partial charge in [0.15, 0.2) is 5.79 Å². The van der Waals surface area contributed by atoms with Gasteiger partial charge in [0.1, 0.15) is 0 Å². The van der Waals surface area contributed by atoms with Gasteiger partial charge in [-0.15, -0.1) is 0 Å². The van der Waals surface area contributed by atoms with Crippen molar-refractivity contribution in [2.75, 3.05) is 20.3 Å². The first-order chi connectivity index (χ1) is 5.54. The van der Waals surface area contributed by atoms with E-state index in [2.05, 4.69) is 12.2 Å². The zero-order chi connectivity index (χ0) is 9.24. The fourth-order valence-corrected chi connectivity index (χ4v) is 1.23. The van der Waals surface area contributed by atoms with Gasteiger partial charge in [-0.1, -0.05) is 6.92 Å². The van der Waals surface area contributed by atoms with Gasteiger partial charge in [-0.2, -0.15) is 0 Å². The standard InChI is InChI=1S/C9H19NO2/c1-5-9(10-4)6-11-8(2,3)12-7-9/h10H,5-7H2,1-4H3. The summed E-state index contributed by atoms with van der Waals surface area (Å²) < 4.78 is 11.2. The molecule has 0 aromatic heterocycles. The summed E-state index contributed by atoms with van der Waals surface area (Å²) in [6, 6.07) is 0. The molecule has 12 heavy (non-hydrogen) atoms. The highest BCUT2D eigenvalue weighted by atomic mass is 16.7. The molecule has 0 saturated carbocycles. The van der Waals surface area contributed by atoms with Crippen LogP contribution < -0.4 is 5.32 Å². The van der Waals surface area contributed by atoms with Gasteiger partial charge in [-0.25, -0.2) is 0 Å². The first-order valence-corrected chi connectivity index (χ1v) is 4.50. The third-order valence-electron chi connectivity index (χ3n) is 2.60. The SMILES string of the molecule is CCC1(NC)COC(C)(C)OC1. The van der Waals surface area contributed by atoms with Gasteiger partial charge in [0, 0.05) is 0 Å². The van der Waals surface area contributed by atoms with Crippen LogP contribution in [-0.4, -0.2) is 31.6 Å². The summed E-state index contributed by atoms with van der Waals surface area (Å²) in [6.45, 7) is 7.49. The predicted octanol–water partition coefficient (Wildman–Crippen LogP) is 1.14. The third kappa shape index (κ3) is 1.97. The van der Waals surface area contributed by atoms with Crippen LogP contribution in [-0.2, 0) is 9.47 Å². The predicted molar refractivity (Wildman–Crippen MR) is 48.1 cm³/mol. The molecule has 3 nitrogen and oxygen atoms in total. The molecule has 1 fully saturated rings. The molecule has 0 bridgehead atoms. The van der Waals surface area contributed by atoms with Crippen LogP contribution in [0.3, 0.4) is 0 Å². The fraction of sp³-hybridized carbons (Fsp3) is 1.00. The van der Waals surface area contributed by atoms with Gasteiger partial charge < -0.3 is 14.8 Å². The van der Waals surface area contributed by atoms with Gasteiger partial charge in [0.25, 0.3) is 0 Å². The fourth-order valence-electron chi connectivity index (χ4n) is 1.23. The second-order valence-electron chi connectivity index (χ2n) is 3.86. The average Bonchev–Trinajstić information content (AvgIpc) is 2.06. The zero-order valence-corrected chi connectivity index (χ0v) is 8.44. The Morgan fingerprint density at radius 3 is 2.08 bits per heavy atom. The van der Waals surface area contributed by atoms with Crippen molar-refractivity contribution in [3.63, 3.8) is 0 Å². The molecule has 0 amide bonds. The van der Waals surface area contributed by atoms with E-state index in [1.165, 1.54) is 0 Å². The summed E-state index contributed by atoms with van der Waals surface area (Å²) in [7, 11) is 1.95. The van der Waals surface area contributed by atoms with Crippen LogP contribution in [0.15, 0.2) is 0 Å². The van der Waals surface area contributed by atoms with Crippen molar-refractivity contribution in [3.8, 4) is 0 Å². The van der Waals surface area contributed by atoms with Crippen molar-refractivity contribution in [2.24, 2.45) is 0 Å². The number of ether oxygens (including phenoxy) is 2. The number of hydrogen-bond acceptors (Lipinski definition) is 3. The molecule has 3 heteroatoms. The van der Waals surface area contributed by atoms with Gasteiger partial charge in [-0.3, -0.25) is 0 Å². The highest BCUT2D eigenvalue weighted by Crippen LogP contribution is 2.24. The van der Waals surface area contributed by atoms with Crippen molar-refractivity contribution < 1.29 is 9.47 Å². The van der Waals surface area contributed by atoms with Crippen molar-refractivity contribution in [1.82, 2.24) is 5.32 Å². The van der Waals surface area contributed by atoms with Crippen LogP contribution in [0.4, 0.5) is 0 Å². The van der Waals surface area contributed by atoms with Crippen LogP contribution in [0.25, 0.3) is 0 Å². The quantitative estimate of drug-likeness (QED) is 0.679. The number of hydrogen-bond donors (Lipinski definition) is 1. The minimum absolute atomic E-state index is 0.0233. The van der Waals surface area contributed by atoms with E-state index < -0.39 is 5.79 Å². The second-order valence-corrected chi connectivity index (χ2v) is 3.86. The molecule has 0 aromatic rings. The molecular formula is C9H19NO2. The molecule has 1 aliphatic rings. The van der Waals surface area contributed by atoms with Crippen LogP contribution in [0, 0.1) is 0 Å². The summed E-state index contributed by atoms with van der Waals surface area (Å²) in [5.74, 6) is -0.407. The van der Waals surface area contributed by atoms with E-state index in [1.807, 2.05) is 20.9 Å². The first-order valence-electron chi connectivity index (χ1n) is 4.50. The largest absolute Gasteiger partial charge is 0.349 e. The topological polar surface area (TPSA) is 30.5 Å². The number of likely N-dealkylation sites (N-methyl/N-ethyl adjacent to an activating group) is 1. The molecule has 0 aliphatic carbocycles. The Bertz CT molecular complexity index is 141. The Morgan fingerprint density at radius 2 is 1.75 bits per heavy atom. The molecule has 1 aliphatic heterocycles. The number of rotatable bonds is 2. The summed E-state index contributed by atoms with van der Waals surface area (Å²) in [6.07, 6.45) is 1.03. The van der Waals surface area contributed by atoms with Crippen molar-refractivity contribution in [2.45, 2.75) is 38.5 Å². The lowest BCUT2D eigenvalue weighted by Gasteiger charge is -2.42. The molecule has 1 N–H and O–H groups in total. The Balaban J connectivity index is 2.53. The molecule has 0 radical (unpaired) electrons. The molecule has 1 saturated heterocycles. The first kappa shape index (κ1) is 9.96. The molecular weight excluding hydrogens is 154 g/mol. The monoisotopic (exact) mass is 173 g/mol. The van der Waals surface area contributed by atoms with E-state index in [0.29, 0.717) is 0 Å². The van der Waals surface area contributed by atoms with E-state index in [4.69, 9.17) is 9.47 Å². The minimum Gasteiger partial charge on any atom is -0.349 e. The van der Waals surface area contributed by atoms with Crippen molar-refractivity contribution >= 4 is 0 Å². The Morgan fingerprint density at radius 1 is 1.25 bits per heavy atom. The normalized spacial score (nSPS) is 27.0. The summed E-state index contributed by atoms with van der Waals surface area (Å²) >= 11 is 0. The van der Waals surface area contributed by atoms with Gasteiger partial charge in [-0.05, 0) is 27.3 Å². The Labute approximate surface area is 74.4 Å². The maximum atomic E-state index is 5.58. The van der Waals surface area contributed by atoms with E-state index in [-0.39, 0.29) is 5.54 Å². The third-order valence-corrected chi connectivity index (χ3v) is 2.60. The average molecular weight is 173 g/mol. The van der Waals surface area contributed by atoms with Crippen molar-refractivity contribution in [1.29, 1.82) is 0 Å². The molecule has 0 spiro atoms. The molecule has 0 atom stereocenters. The summed E-state index contributed by atoms with van der Waals surface area (Å²) in [5, 5.41) is 3.25. The lowest BCUT2D eigenvalue weighted by molar-refractivity contribution is -0.271.